The molecule has 0 spiro atoms. The molecule has 1 rings (SSSR count). The molecule has 0 amide bonds. The molecule has 0 unspecified atom stereocenters. The van der Waals surface area contributed by atoms with Gasteiger partial charge in [0.2, 0.25) is 0 Å². The third-order valence-corrected chi connectivity index (χ3v) is 3.21. The zero-order chi connectivity index (χ0) is 12.2. The second-order valence-corrected chi connectivity index (χ2v) is 5.56. The summed E-state index contributed by atoms with van der Waals surface area (Å²) in [5.74, 6) is 0. The third kappa shape index (κ3) is 4.36. The smallest absolute Gasteiger partial charge is 0.0753 e. The van der Waals surface area contributed by atoms with Crippen LogP contribution in [0, 0.1) is 5.41 Å². The van der Waals surface area contributed by atoms with Gasteiger partial charge in [0.15, 0.2) is 0 Å². The molecule has 90 valence electrons. The summed E-state index contributed by atoms with van der Waals surface area (Å²) in [4.78, 5) is 0. The number of hydrogen-bond donors (Lipinski definition) is 1. The van der Waals surface area contributed by atoms with Crippen LogP contribution in [-0.4, -0.2) is 11.2 Å². The zero-order valence-electron chi connectivity index (χ0n) is 10.8. The van der Waals surface area contributed by atoms with Crippen molar-refractivity contribution in [2.75, 3.05) is 0 Å². The number of hydrogen-bond acceptors (Lipinski definition) is 1. The molecule has 0 aliphatic heterocycles. The molecule has 1 N–H and O–H groups in total. The lowest BCUT2D eigenvalue weighted by atomic mass is 9.87. The van der Waals surface area contributed by atoms with Crippen LogP contribution in [0.1, 0.15) is 46.5 Å². The van der Waals surface area contributed by atoms with Crippen molar-refractivity contribution in [3.63, 3.8) is 0 Å². The standard InChI is InChI=1S/C15H24O/c1-12-7-8-14(16)13(2)6-5-10-15(3,4)11-9-12/h5,9-10,14,16H,2,6-8,11H2,1,3-4H3/b10-5+,12-9+/t14-/m1/s1. The minimum atomic E-state index is -0.353. The van der Waals surface area contributed by atoms with Gasteiger partial charge in [0.25, 0.3) is 0 Å². The van der Waals surface area contributed by atoms with Crippen LogP contribution in [0.5, 0.6) is 0 Å². The lowest BCUT2D eigenvalue weighted by Crippen LogP contribution is -2.08. The van der Waals surface area contributed by atoms with Crippen LogP contribution in [0.3, 0.4) is 0 Å². The van der Waals surface area contributed by atoms with Gasteiger partial charge in [-0.2, -0.15) is 0 Å². The highest BCUT2D eigenvalue weighted by Crippen LogP contribution is 2.26. The van der Waals surface area contributed by atoms with Gasteiger partial charge in [-0.05, 0) is 43.6 Å². The number of rotatable bonds is 0. The Morgan fingerprint density at radius 2 is 2.12 bits per heavy atom. The average molecular weight is 220 g/mol. The molecule has 0 saturated carbocycles. The van der Waals surface area contributed by atoms with E-state index in [2.05, 4.69) is 45.6 Å². The van der Waals surface area contributed by atoms with Gasteiger partial charge in [-0.3, -0.25) is 0 Å². The highest BCUT2D eigenvalue weighted by Gasteiger charge is 2.14. The highest BCUT2D eigenvalue weighted by molar-refractivity contribution is 5.13. The molecular formula is C15H24O. The Labute approximate surface area is 99.6 Å². The van der Waals surface area contributed by atoms with Crippen LogP contribution < -0.4 is 0 Å². The molecule has 1 aliphatic carbocycles. The van der Waals surface area contributed by atoms with Crippen LogP contribution in [-0.2, 0) is 0 Å². The fraction of sp³-hybridized carbons (Fsp3) is 0.600. The second-order valence-electron chi connectivity index (χ2n) is 5.56. The molecule has 0 bridgehead atoms. The third-order valence-electron chi connectivity index (χ3n) is 3.21. The van der Waals surface area contributed by atoms with Crippen molar-refractivity contribution in [3.8, 4) is 0 Å². The summed E-state index contributed by atoms with van der Waals surface area (Å²) in [6, 6.07) is 0. The van der Waals surface area contributed by atoms with E-state index in [1.54, 1.807) is 0 Å². The van der Waals surface area contributed by atoms with Crippen LogP contribution in [0.25, 0.3) is 0 Å². The van der Waals surface area contributed by atoms with Crippen LogP contribution >= 0.6 is 0 Å². The predicted octanol–water partition coefficient (Wildman–Crippen LogP) is 4.01. The monoisotopic (exact) mass is 220 g/mol. The van der Waals surface area contributed by atoms with E-state index in [-0.39, 0.29) is 11.5 Å². The van der Waals surface area contributed by atoms with E-state index in [4.69, 9.17) is 0 Å². The first-order valence-corrected chi connectivity index (χ1v) is 6.10. The molecular weight excluding hydrogens is 196 g/mol. The Kier molecular flexibility index (Phi) is 4.55. The Morgan fingerprint density at radius 3 is 2.81 bits per heavy atom. The maximum Gasteiger partial charge on any atom is 0.0753 e. The summed E-state index contributed by atoms with van der Waals surface area (Å²) in [7, 11) is 0. The van der Waals surface area contributed by atoms with Gasteiger partial charge in [-0.25, -0.2) is 0 Å². The molecule has 0 radical (unpaired) electrons. The zero-order valence-corrected chi connectivity index (χ0v) is 10.8. The second kappa shape index (κ2) is 5.49. The molecule has 1 aliphatic rings. The lowest BCUT2D eigenvalue weighted by Gasteiger charge is -2.18. The molecule has 0 aromatic heterocycles. The molecule has 1 atom stereocenters. The van der Waals surface area contributed by atoms with E-state index in [1.165, 1.54) is 5.57 Å². The molecule has 0 heterocycles. The summed E-state index contributed by atoms with van der Waals surface area (Å²) in [6.45, 7) is 10.6. The quantitative estimate of drug-likeness (QED) is 0.612. The summed E-state index contributed by atoms with van der Waals surface area (Å²) >= 11 is 0. The van der Waals surface area contributed by atoms with Crippen molar-refractivity contribution in [2.24, 2.45) is 5.41 Å². The summed E-state index contributed by atoms with van der Waals surface area (Å²) in [5, 5.41) is 9.88. The minimum Gasteiger partial charge on any atom is -0.389 e. The molecule has 0 saturated heterocycles. The molecule has 0 fully saturated rings. The van der Waals surface area contributed by atoms with Crippen molar-refractivity contribution < 1.29 is 5.11 Å². The number of aliphatic hydroxyl groups excluding tert-OH is 1. The highest BCUT2D eigenvalue weighted by atomic mass is 16.3. The minimum absolute atomic E-state index is 0.205. The fourth-order valence-corrected chi connectivity index (χ4v) is 1.84. The van der Waals surface area contributed by atoms with E-state index in [9.17, 15) is 5.11 Å². The molecule has 1 nitrogen and oxygen atoms in total. The first kappa shape index (κ1) is 13.2. The van der Waals surface area contributed by atoms with Crippen molar-refractivity contribution in [3.05, 3.63) is 36.0 Å². The van der Waals surface area contributed by atoms with Crippen LogP contribution in [0.2, 0.25) is 0 Å². The van der Waals surface area contributed by atoms with Crippen molar-refractivity contribution >= 4 is 0 Å². The van der Waals surface area contributed by atoms with Crippen LogP contribution in [0.15, 0.2) is 36.0 Å². The first-order valence-electron chi connectivity index (χ1n) is 6.10. The average Bonchev–Trinajstić information content (AvgIpc) is 2.23. The maximum atomic E-state index is 9.88. The van der Waals surface area contributed by atoms with Gasteiger partial charge >= 0.3 is 0 Å². The summed E-state index contributed by atoms with van der Waals surface area (Å²) in [6.07, 6.45) is 9.95. The van der Waals surface area contributed by atoms with E-state index >= 15 is 0 Å². The van der Waals surface area contributed by atoms with E-state index in [0.717, 1.165) is 31.3 Å². The number of allylic oxidation sites excluding steroid dienone is 4. The van der Waals surface area contributed by atoms with Gasteiger partial charge in [0.05, 0.1) is 6.10 Å². The summed E-state index contributed by atoms with van der Waals surface area (Å²) < 4.78 is 0. The molecule has 0 aromatic carbocycles. The molecule has 16 heavy (non-hydrogen) atoms. The topological polar surface area (TPSA) is 20.2 Å². The Bertz CT molecular complexity index is 307. The summed E-state index contributed by atoms with van der Waals surface area (Å²) in [5.41, 5.74) is 2.51. The largest absolute Gasteiger partial charge is 0.389 e. The molecule has 0 aromatic rings. The first-order chi connectivity index (χ1) is 7.41. The predicted molar refractivity (Wildman–Crippen MR) is 70.3 cm³/mol. The van der Waals surface area contributed by atoms with E-state index in [0.29, 0.717) is 0 Å². The number of aliphatic hydroxyl groups is 1. The van der Waals surface area contributed by atoms with Gasteiger partial charge in [-0.15, -0.1) is 0 Å². The van der Waals surface area contributed by atoms with Gasteiger partial charge in [0.1, 0.15) is 0 Å². The normalized spacial score (nSPS) is 32.4. The van der Waals surface area contributed by atoms with Gasteiger partial charge in [-0.1, -0.05) is 44.2 Å². The SMILES string of the molecule is C=C1C/C=C/C(C)(C)C/C=C(\C)CC[C@H]1O. The maximum absolute atomic E-state index is 9.88. The Balaban J connectivity index is 2.81. The van der Waals surface area contributed by atoms with Crippen molar-refractivity contribution in [1.29, 1.82) is 0 Å². The van der Waals surface area contributed by atoms with Crippen LogP contribution in [0.4, 0.5) is 0 Å². The van der Waals surface area contributed by atoms with Crippen molar-refractivity contribution in [2.45, 2.75) is 52.6 Å². The van der Waals surface area contributed by atoms with Crippen molar-refractivity contribution in [1.82, 2.24) is 0 Å². The van der Waals surface area contributed by atoms with E-state index < -0.39 is 0 Å². The fourth-order valence-electron chi connectivity index (χ4n) is 1.84. The Hall–Kier alpha value is -0.820. The Morgan fingerprint density at radius 1 is 1.44 bits per heavy atom. The van der Waals surface area contributed by atoms with E-state index in [1.807, 2.05) is 0 Å². The van der Waals surface area contributed by atoms with Gasteiger partial charge < -0.3 is 5.11 Å². The lowest BCUT2D eigenvalue weighted by molar-refractivity contribution is 0.199. The molecule has 1 heteroatoms. The van der Waals surface area contributed by atoms with Gasteiger partial charge in [0, 0.05) is 0 Å².